The van der Waals surface area contributed by atoms with Gasteiger partial charge in [-0.25, -0.2) is 0 Å². The number of aromatic nitrogens is 2. The fourth-order valence-corrected chi connectivity index (χ4v) is 3.57. The molecule has 1 aromatic rings. The van der Waals surface area contributed by atoms with Crippen LogP contribution in [0.2, 0.25) is 0 Å². The first-order valence-corrected chi connectivity index (χ1v) is 7.79. The van der Waals surface area contributed by atoms with E-state index in [4.69, 9.17) is 0 Å². The average molecular weight is 307 g/mol. The van der Waals surface area contributed by atoms with Crippen LogP contribution in [0.15, 0.2) is 0 Å². The van der Waals surface area contributed by atoms with Crippen molar-refractivity contribution in [1.82, 2.24) is 14.7 Å². The van der Waals surface area contributed by atoms with E-state index in [1.165, 1.54) is 0 Å². The lowest BCUT2D eigenvalue weighted by atomic mass is 9.88. The predicted octanol–water partition coefficient (Wildman–Crippen LogP) is 1.85. The number of carbonyl (C=O) groups is 2. The summed E-state index contributed by atoms with van der Waals surface area (Å²) >= 11 is 0. The third-order valence-electron chi connectivity index (χ3n) is 4.96. The van der Waals surface area contributed by atoms with Crippen LogP contribution in [0.1, 0.15) is 49.6 Å². The highest BCUT2D eigenvalue weighted by Gasteiger charge is 2.37. The van der Waals surface area contributed by atoms with Crippen molar-refractivity contribution < 1.29 is 14.7 Å². The van der Waals surface area contributed by atoms with Crippen molar-refractivity contribution in [2.75, 3.05) is 6.54 Å². The second kappa shape index (κ2) is 6.10. The highest BCUT2D eigenvalue weighted by atomic mass is 16.4. The van der Waals surface area contributed by atoms with Gasteiger partial charge in [0.05, 0.1) is 17.5 Å². The standard InChI is InChI=1S/C16H25N3O3/c1-9(14-10(2)17-18(5)12(14)4)15(20)19-8-6-7-13(11(19)3)16(21)22/h9,11,13H,6-8H2,1-5H3,(H,21,22)/t9?,11-,13-/m0/s1. The van der Waals surface area contributed by atoms with Crippen LogP contribution in [0.4, 0.5) is 0 Å². The average Bonchev–Trinajstić information content (AvgIpc) is 2.70. The molecule has 1 aliphatic heterocycles. The Morgan fingerprint density at radius 2 is 2.00 bits per heavy atom. The number of hydrogen-bond acceptors (Lipinski definition) is 3. The van der Waals surface area contributed by atoms with Gasteiger partial charge in [0.1, 0.15) is 0 Å². The molecule has 0 radical (unpaired) electrons. The van der Waals surface area contributed by atoms with Crippen molar-refractivity contribution in [3.8, 4) is 0 Å². The van der Waals surface area contributed by atoms with Crippen LogP contribution >= 0.6 is 0 Å². The molecule has 1 fully saturated rings. The van der Waals surface area contributed by atoms with Crippen LogP contribution in [-0.4, -0.2) is 44.3 Å². The Balaban J connectivity index is 2.25. The zero-order valence-electron chi connectivity index (χ0n) is 14.0. The minimum atomic E-state index is -0.814. The van der Waals surface area contributed by atoms with Gasteiger partial charge in [0, 0.05) is 30.9 Å². The summed E-state index contributed by atoms with van der Waals surface area (Å²) in [5.41, 5.74) is 2.80. The first-order valence-electron chi connectivity index (χ1n) is 7.79. The van der Waals surface area contributed by atoms with Gasteiger partial charge in [-0.1, -0.05) is 0 Å². The minimum absolute atomic E-state index is 0.00218. The van der Waals surface area contributed by atoms with E-state index in [1.54, 1.807) is 9.58 Å². The van der Waals surface area contributed by atoms with Gasteiger partial charge in [-0.2, -0.15) is 5.10 Å². The largest absolute Gasteiger partial charge is 0.481 e. The lowest BCUT2D eigenvalue weighted by Crippen LogP contribution is -2.50. The van der Waals surface area contributed by atoms with Gasteiger partial charge in [-0.15, -0.1) is 0 Å². The maximum Gasteiger partial charge on any atom is 0.308 e. The lowest BCUT2D eigenvalue weighted by Gasteiger charge is -2.39. The Labute approximate surface area is 131 Å². The fraction of sp³-hybridized carbons (Fsp3) is 0.688. The van der Waals surface area contributed by atoms with Gasteiger partial charge in [0.25, 0.3) is 0 Å². The Morgan fingerprint density at radius 1 is 1.36 bits per heavy atom. The third kappa shape index (κ3) is 2.74. The molecule has 1 N–H and O–H groups in total. The molecule has 0 saturated carbocycles. The van der Waals surface area contributed by atoms with Crippen LogP contribution in [0.3, 0.4) is 0 Å². The van der Waals surface area contributed by atoms with Crippen molar-refractivity contribution in [2.45, 2.75) is 52.5 Å². The van der Waals surface area contributed by atoms with Crippen LogP contribution in [0.25, 0.3) is 0 Å². The zero-order chi connectivity index (χ0) is 16.6. The summed E-state index contributed by atoms with van der Waals surface area (Å²) in [6, 6.07) is -0.265. The van der Waals surface area contributed by atoms with E-state index >= 15 is 0 Å². The maximum absolute atomic E-state index is 12.9. The quantitative estimate of drug-likeness (QED) is 0.924. The van der Waals surface area contributed by atoms with Gasteiger partial charge in [0.2, 0.25) is 5.91 Å². The molecule has 6 nitrogen and oxygen atoms in total. The zero-order valence-corrected chi connectivity index (χ0v) is 14.0. The number of piperidine rings is 1. The van der Waals surface area contributed by atoms with Gasteiger partial charge in [0.15, 0.2) is 0 Å². The van der Waals surface area contributed by atoms with Gasteiger partial charge in [-0.05, 0) is 40.5 Å². The van der Waals surface area contributed by atoms with Crippen molar-refractivity contribution >= 4 is 11.9 Å². The molecule has 0 spiro atoms. The number of nitrogens with zero attached hydrogens (tertiary/aromatic N) is 3. The molecule has 1 aromatic heterocycles. The number of carboxylic acid groups (broad SMARTS) is 1. The molecule has 0 bridgehead atoms. The molecule has 1 amide bonds. The number of aliphatic carboxylic acids is 1. The molecule has 1 saturated heterocycles. The second-order valence-corrected chi connectivity index (χ2v) is 6.29. The summed E-state index contributed by atoms with van der Waals surface area (Å²) in [5.74, 6) is -1.59. The molecule has 2 rings (SSSR count). The summed E-state index contributed by atoms with van der Waals surface area (Å²) in [7, 11) is 1.87. The molecular formula is C16H25N3O3. The van der Waals surface area contributed by atoms with Gasteiger partial charge >= 0.3 is 5.97 Å². The highest BCUT2D eigenvalue weighted by Crippen LogP contribution is 2.30. The number of rotatable bonds is 3. The normalized spacial score (nSPS) is 23.4. The lowest BCUT2D eigenvalue weighted by molar-refractivity contribution is -0.149. The Morgan fingerprint density at radius 3 is 2.50 bits per heavy atom. The highest BCUT2D eigenvalue weighted by molar-refractivity contribution is 5.85. The second-order valence-electron chi connectivity index (χ2n) is 6.29. The Hall–Kier alpha value is -1.85. The summed E-state index contributed by atoms with van der Waals surface area (Å²) < 4.78 is 1.79. The van der Waals surface area contributed by atoms with Crippen molar-refractivity contribution in [3.05, 3.63) is 17.0 Å². The molecule has 6 heteroatoms. The number of aryl methyl sites for hydroxylation is 2. The Kier molecular flexibility index (Phi) is 4.58. The van der Waals surface area contributed by atoms with E-state index in [2.05, 4.69) is 5.10 Å². The molecule has 3 atom stereocenters. The monoisotopic (exact) mass is 307 g/mol. The summed E-state index contributed by atoms with van der Waals surface area (Å²) in [6.45, 7) is 8.22. The molecule has 2 heterocycles. The van der Waals surface area contributed by atoms with E-state index in [9.17, 15) is 14.7 Å². The van der Waals surface area contributed by atoms with Crippen LogP contribution in [-0.2, 0) is 16.6 Å². The fourth-order valence-electron chi connectivity index (χ4n) is 3.57. The number of carboxylic acids is 1. The van der Waals surface area contributed by atoms with E-state index in [1.807, 2.05) is 34.7 Å². The SMILES string of the molecule is Cc1nn(C)c(C)c1C(C)C(=O)N1CCC[C@H](C(=O)O)[C@@H]1C. The molecule has 0 aromatic carbocycles. The van der Waals surface area contributed by atoms with Crippen molar-refractivity contribution in [2.24, 2.45) is 13.0 Å². The van der Waals surface area contributed by atoms with Crippen LogP contribution in [0.5, 0.6) is 0 Å². The molecule has 0 aliphatic carbocycles. The minimum Gasteiger partial charge on any atom is -0.481 e. The van der Waals surface area contributed by atoms with Crippen molar-refractivity contribution in [1.29, 1.82) is 0 Å². The van der Waals surface area contributed by atoms with E-state index in [0.717, 1.165) is 23.4 Å². The first-order chi connectivity index (χ1) is 10.3. The topological polar surface area (TPSA) is 75.4 Å². The molecule has 1 aliphatic rings. The first kappa shape index (κ1) is 16.5. The number of likely N-dealkylation sites (tertiary alicyclic amines) is 1. The molecular weight excluding hydrogens is 282 g/mol. The number of hydrogen-bond donors (Lipinski definition) is 1. The summed E-state index contributed by atoms with van der Waals surface area (Å²) in [6.07, 6.45) is 1.38. The number of carbonyl (C=O) groups excluding carboxylic acids is 1. The van der Waals surface area contributed by atoms with E-state index in [0.29, 0.717) is 13.0 Å². The van der Waals surface area contributed by atoms with Crippen molar-refractivity contribution in [3.63, 3.8) is 0 Å². The molecule has 122 valence electrons. The molecule has 1 unspecified atom stereocenters. The Bertz CT molecular complexity index is 594. The van der Waals surface area contributed by atoms with E-state index in [-0.39, 0.29) is 17.9 Å². The third-order valence-corrected chi connectivity index (χ3v) is 4.96. The predicted molar refractivity (Wildman–Crippen MR) is 82.6 cm³/mol. The number of amides is 1. The van der Waals surface area contributed by atoms with Gasteiger partial charge < -0.3 is 10.0 Å². The summed E-state index contributed by atoms with van der Waals surface area (Å²) in [4.78, 5) is 26.0. The van der Waals surface area contributed by atoms with Gasteiger partial charge in [-0.3, -0.25) is 14.3 Å². The smallest absolute Gasteiger partial charge is 0.308 e. The van der Waals surface area contributed by atoms with Crippen LogP contribution in [0, 0.1) is 19.8 Å². The molecule has 22 heavy (non-hydrogen) atoms. The van der Waals surface area contributed by atoms with E-state index < -0.39 is 11.9 Å². The summed E-state index contributed by atoms with van der Waals surface area (Å²) in [5, 5.41) is 13.7. The maximum atomic E-state index is 12.9. The van der Waals surface area contributed by atoms with Crippen LogP contribution < -0.4 is 0 Å².